The molecule has 0 aliphatic carbocycles. The SMILES string of the molecule is COc1cccc2c1OCC(S(=O)(=O)Cl)=C2. The number of halogens is 1. The van der Waals surface area contributed by atoms with Crippen LogP contribution in [0, 0.1) is 0 Å². The van der Waals surface area contributed by atoms with Crippen molar-refractivity contribution >= 4 is 25.8 Å². The van der Waals surface area contributed by atoms with E-state index in [-0.39, 0.29) is 11.5 Å². The Bertz CT molecular complexity index is 548. The lowest BCUT2D eigenvalue weighted by Crippen LogP contribution is -2.12. The number of rotatable bonds is 2. The first-order chi connectivity index (χ1) is 7.52. The zero-order chi connectivity index (χ0) is 11.8. The van der Waals surface area contributed by atoms with Gasteiger partial charge in [-0.3, -0.25) is 0 Å². The van der Waals surface area contributed by atoms with Gasteiger partial charge in [-0.15, -0.1) is 0 Å². The predicted molar refractivity (Wildman–Crippen MR) is 61.2 cm³/mol. The minimum absolute atomic E-state index is 0.0509. The van der Waals surface area contributed by atoms with E-state index in [9.17, 15) is 8.42 Å². The van der Waals surface area contributed by atoms with Crippen molar-refractivity contribution in [3.05, 3.63) is 28.7 Å². The van der Waals surface area contributed by atoms with Gasteiger partial charge in [0.25, 0.3) is 9.05 Å². The number of benzene rings is 1. The fraction of sp³-hybridized carbons (Fsp3) is 0.200. The summed E-state index contributed by atoms with van der Waals surface area (Å²) in [6, 6.07) is 5.23. The van der Waals surface area contributed by atoms with E-state index in [1.807, 2.05) is 0 Å². The van der Waals surface area contributed by atoms with E-state index in [0.717, 1.165) is 0 Å². The van der Waals surface area contributed by atoms with E-state index in [1.54, 1.807) is 18.2 Å². The molecule has 0 unspecified atom stereocenters. The van der Waals surface area contributed by atoms with Crippen LogP contribution < -0.4 is 9.47 Å². The minimum atomic E-state index is -3.72. The third-order valence-corrected chi connectivity index (χ3v) is 3.67. The number of fused-ring (bicyclic) bond motifs is 1. The highest BCUT2D eigenvalue weighted by atomic mass is 35.7. The molecule has 0 amide bonds. The highest BCUT2D eigenvalue weighted by molar-refractivity contribution is 8.17. The average molecular weight is 261 g/mol. The summed E-state index contributed by atoms with van der Waals surface area (Å²) in [4.78, 5) is 0.0509. The monoisotopic (exact) mass is 260 g/mol. The fourth-order valence-corrected chi connectivity index (χ4v) is 2.20. The predicted octanol–water partition coefficient (Wildman–Crippen LogP) is 2.00. The van der Waals surface area contributed by atoms with Crippen molar-refractivity contribution < 1.29 is 17.9 Å². The molecule has 0 radical (unpaired) electrons. The van der Waals surface area contributed by atoms with Crippen LogP contribution in [0.4, 0.5) is 0 Å². The standard InChI is InChI=1S/C10H9ClO4S/c1-14-9-4-2-3-7-5-8(16(11,12)13)6-15-10(7)9/h2-5H,6H2,1H3. The normalized spacial score (nSPS) is 14.8. The lowest BCUT2D eigenvalue weighted by atomic mass is 10.1. The molecule has 1 aromatic rings. The van der Waals surface area contributed by atoms with Crippen LogP contribution in [-0.2, 0) is 9.05 Å². The first kappa shape index (κ1) is 11.3. The van der Waals surface area contributed by atoms with Crippen LogP contribution >= 0.6 is 10.7 Å². The van der Waals surface area contributed by atoms with Gasteiger partial charge in [0.05, 0.1) is 12.0 Å². The Morgan fingerprint density at radius 3 is 2.81 bits per heavy atom. The largest absolute Gasteiger partial charge is 0.493 e. The molecule has 0 spiro atoms. The molecule has 1 aromatic carbocycles. The number of ether oxygens (including phenoxy) is 2. The molecule has 6 heteroatoms. The van der Waals surface area contributed by atoms with E-state index in [1.165, 1.54) is 13.2 Å². The Morgan fingerprint density at radius 2 is 2.19 bits per heavy atom. The first-order valence-corrected chi connectivity index (χ1v) is 6.78. The number of methoxy groups -OCH3 is 1. The van der Waals surface area contributed by atoms with Gasteiger partial charge in [0, 0.05) is 16.2 Å². The Morgan fingerprint density at radius 1 is 1.44 bits per heavy atom. The van der Waals surface area contributed by atoms with Crippen LogP contribution in [-0.4, -0.2) is 22.1 Å². The van der Waals surface area contributed by atoms with Crippen molar-refractivity contribution in [2.75, 3.05) is 13.7 Å². The van der Waals surface area contributed by atoms with Crippen molar-refractivity contribution in [1.82, 2.24) is 0 Å². The summed E-state index contributed by atoms with van der Waals surface area (Å²) in [7, 11) is 3.05. The van der Waals surface area contributed by atoms with Crippen molar-refractivity contribution in [3.8, 4) is 11.5 Å². The quantitative estimate of drug-likeness (QED) is 0.763. The van der Waals surface area contributed by atoms with Gasteiger partial charge < -0.3 is 9.47 Å². The van der Waals surface area contributed by atoms with Gasteiger partial charge in [-0.1, -0.05) is 12.1 Å². The summed E-state index contributed by atoms with van der Waals surface area (Å²) >= 11 is 0. The zero-order valence-corrected chi connectivity index (χ0v) is 10.0. The molecule has 0 N–H and O–H groups in total. The minimum Gasteiger partial charge on any atom is -0.493 e. The summed E-state index contributed by atoms with van der Waals surface area (Å²) in [6.07, 6.45) is 1.49. The molecule has 0 aromatic heterocycles. The lowest BCUT2D eigenvalue weighted by Gasteiger charge is -2.18. The average Bonchev–Trinajstić information content (AvgIpc) is 2.26. The zero-order valence-electron chi connectivity index (χ0n) is 8.44. The van der Waals surface area contributed by atoms with Crippen LogP contribution in [0.15, 0.2) is 23.1 Å². The maximum absolute atomic E-state index is 11.1. The van der Waals surface area contributed by atoms with Gasteiger partial charge in [0.1, 0.15) is 6.61 Å². The second kappa shape index (κ2) is 3.99. The highest BCUT2D eigenvalue weighted by Gasteiger charge is 2.22. The van der Waals surface area contributed by atoms with E-state index >= 15 is 0 Å². The molecule has 0 saturated carbocycles. The maximum Gasteiger partial charge on any atom is 0.260 e. The van der Waals surface area contributed by atoms with Gasteiger partial charge in [-0.05, 0) is 12.1 Å². The highest BCUT2D eigenvalue weighted by Crippen LogP contribution is 2.36. The van der Waals surface area contributed by atoms with Crippen LogP contribution in [0.2, 0.25) is 0 Å². The first-order valence-electron chi connectivity index (χ1n) is 4.47. The van der Waals surface area contributed by atoms with Crippen LogP contribution in [0.25, 0.3) is 6.08 Å². The third kappa shape index (κ3) is 2.01. The number of hydrogen-bond acceptors (Lipinski definition) is 4. The van der Waals surface area contributed by atoms with E-state index in [2.05, 4.69) is 0 Å². The molecule has 1 aliphatic rings. The van der Waals surface area contributed by atoms with E-state index in [4.69, 9.17) is 20.2 Å². The summed E-state index contributed by atoms with van der Waals surface area (Å²) < 4.78 is 32.7. The van der Waals surface area contributed by atoms with Crippen molar-refractivity contribution in [2.24, 2.45) is 0 Å². The summed E-state index contributed by atoms with van der Waals surface area (Å²) in [5.74, 6) is 1.11. The van der Waals surface area contributed by atoms with E-state index in [0.29, 0.717) is 17.1 Å². The second-order valence-electron chi connectivity index (χ2n) is 3.22. The van der Waals surface area contributed by atoms with Gasteiger partial charge in [-0.25, -0.2) is 8.42 Å². The molecule has 0 atom stereocenters. The van der Waals surface area contributed by atoms with Crippen molar-refractivity contribution in [1.29, 1.82) is 0 Å². The van der Waals surface area contributed by atoms with Crippen LogP contribution in [0.1, 0.15) is 5.56 Å². The topological polar surface area (TPSA) is 52.6 Å². The molecular weight excluding hydrogens is 252 g/mol. The number of hydrogen-bond donors (Lipinski definition) is 0. The third-order valence-electron chi connectivity index (χ3n) is 2.22. The summed E-state index contributed by atoms with van der Waals surface area (Å²) in [6.45, 7) is -0.0702. The Balaban J connectivity index is 2.54. The molecule has 86 valence electrons. The molecule has 2 rings (SSSR count). The Kier molecular flexibility index (Phi) is 2.82. The summed E-state index contributed by atoms with van der Waals surface area (Å²) in [5.41, 5.74) is 0.643. The molecular formula is C10H9ClO4S. The Hall–Kier alpha value is -1.20. The van der Waals surface area contributed by atoms with Gasteiger partial charge >= 0.3 is 0 Å². The molecule has 0 fully saturated rings. The lowest BCUT2D eigenvalue weighted by molar-refractivity contribution is 0.320. The number of para-hydroxylation sites is 1. The van der Waals surface area contributed by atoms with Crippen LogP contribution in [0.3, 0.4) is 0 Å². The van der Waals surface area contributed by atoms with Crippen LogP contribution in [0.5, 0.6) is 11.5 Å². The Labute approximate surface area is 97.9 Å². The smallest absolute Gasteiger partial charge is 0.260 e. The maximum atomic E-state index is 11.1. The van der Waals surface area contributed by atoms with Gasteiger partial charge in [-0.2, -0.15) is 0 Å². The molecule has 1 heterocycles. The summed E-state index contributed by atoms with van der Waals surface area (Å²) in [5, 5.41) is 0. The van der Waals surface area contributed by atoms with Gasteiger partial charge in [0.2, 0.25) is 0 Å². The van der Waals surface area contributed by atoms with E-state index < -0.39 is 9.05 Å². The molecule has 1 aliphatic heterocycles. The fourth-order valence-electron chi connectivity index (χ4n) is 1.46. The van der Waals surface area contributed by atoms with Crippen molar-refractivity contribution in [3.63, 3.8) is 0 Å². The van der Waals surface area contributed by atoms with Gasteiger partial charge in [0.15, 0.2) is 11.5 Å². The second-order valence-corrected chi connectivity index (χ2v) is 5.83. The molecule has 0 bridgehead atoms. The van der Waals surface area contributed by atoms with Crippen molar-refractivity contribution in [2.45, 2.75) is 0 Å². The molecule has 0 saturated heterocycles. The molecule has 4 nitrogen and oxygen atoms in total. The molecule has 16 heavy (non-hydrogen) atoms.